The van der Waals surface area contributed by atoms with Crippen LogP contribution in [0.5, 0.6) is 23.0 Å². The van der Waals surface area contributed by atoms with Crippen molar-refractivity contribution in [2.45, 2.75) is 32.2 Å². The molecule has 0 radical (unpaired) electrons. The smallest absolute Gasteiger partial charge is 0.307 e. The molecule has 8 heteroatoms. The number of esters is 1. The molecule has 0 aliphatic heterocycles. The van der Waals surface area contributed by atoms with Crippen molar-refractivity contribution in [2.75, 3.05) is 35.0 Å². The van der Waals surface area contributed by atoms with Gasteiger partial charge in [-0.25, -0.2) is 0 Å². The number of hydrogen-bond donors (Lipinski definition) is 1. The molecular weight excluding hydrogens is 438 g/mol. The van der Waals surface area contributed by atoms with Gasteiger partial charge in [0.25, 0.3) is 0 Å². The van der Waals surface area contributed by atoms with E-state index in [0.29, 0.717) is 35.2 Å². The molecule has 0 saturated carbocycles. The highest BCUT2D eigenvalue weighted by Gasteiger charge is 2.20. The monoisotopic (exact) mass is 471 g/mol. The quantitative estimate of drug-likeness (QED) is 0.264. The Morgan fingerprint density at radius 3 is 2.24 bits per heavy atom. The normalized spacial score (nSPS) is 11.6. The minimum atomic E-state index is -0.617. The van der Waals surface area contributed by atoms with Crippen molar-refractivity contribution in [1.29, 1.82) is 0 Å². The van der Waals surface area contributed by atoms with Crippen molar-refractivity contribution < 1.29 is 33.3 Å². The second kappa shape index (κ2) is 13.8. The van der Waals surface area contributed by atoms with Gasteiger partial charge in [-0.1, -0.05) is 25.5 Å². The van der Waals surface area contributed by atoms with Crippen molar-refractivity contribution in [1.82, 2.24) is 5.32 Å². The average molecular weight is 472 g/mol. The van der Waals surface area contributed by atoms with Crippen LogP contribution in [0.15, 0.2) is 42.5 Å². The van der Waals surface area contributed by atoms with Gasteiger partial charge in [-0.3, -0.25) is 9.59 Å². The standard InChI is InChI=1S/C26H33NO7/c1-6-7-14-34-22-11-8-18(15-23(22)31-3)9-13-25(28)27-20(17-26(29)33-5)19-10-12-21(30-2)24(16-19)32-4/h8-13,15-16,20H,6-7,14,17H2,1-5H3,(H,27,28)/b13-9+. The van der Waals surface area contributed by atoms with E-state index in [4.69, 9.17) is 23.7 Å². The van der Waals surface area contributed by atoms with Crippen LogP contribution in [-0.2, 0) is 14.3 Å². The fourth-order valence-corrected chi connectivity index (χ4v) is 3.20. The second-order valence-electron chi connectivity index (χ2n) is 7.40. The summed E-state index contributed by atoms with van der Waals surface area (Å²) >= 11 is 0. The van der Waals surface area contributed by atoms with Crippen LogP contribution in [0.25, 0.3) is 6.08 Å². The van der Waals surface area contributed by atoms with Crippen LogP contribution in [0.2, 0.25) is 0 Å². The number of rotatable bonds is 13. The Kier molecular flexibility index (Phi) is 10.8. The molecule has 184 valence electrons. The van der Waals surface area contributed by atoms with Crippen LogP contribution < -0.4 is 24.3 Å². The minimum Gasteiger partial charge on any atom is -0.493 e. The molecule has 0 spiro atoms. The molecule has 0 aromatic heterocycles. The van der Waals surface area contributed by atoms with Crippen LogP contribution in [0, 0.1) is 0 Å². The molecule has 1 unspecified atom stereocenters. The Labute approximate surface area is 200 Å². The molecule has 0 aliphatic rings. The summed E-state index contributed by atoms with van der Waals surface area (Å²) < 4.78 is 26.6. The molecule has 2 aromatic carbocycles. The van der Waals surface area contributed by atoms with E-state index in [1.807, 2.05) is 12.1 Å². The van der Waals surface area contributed by atoms with Crippen molar-refractivity contribution in [3.63, 3.8) is 0 Å². The highest BCUT2D eigenvalue weighted by molar-refractivity contribution is 5.92. The third kappa shape index (κ3) is 7.72. The molecule has 8 nitrogen and oxygen atoms in total. The van der Waals surface area contributed by atoms with Crippen LogP contribution in [-0.4, -0.2) is 46.9 Å². The summed E-state index contributed by atoms with van der Waals surface area (Å²) in [5, 5.41) is 2.85. The molecule has 1 amide bonds. The zero-order valence-electron chi connectivity index (χ0n) is 20.4. The van der Waals surface area contributed by atoms with Crippen LogP contribution in [0.3, 0.4) is 0 Å². The maximum atomic E-state index is 12.7. The van der Waals surface area contributed by atoms with Gasteiger partial charge >= 0.3 is 5.97 Å². The molecule has 1 atom stereocenters. The molecule has 0 saturated heterocycles. The number of hydrogen-bond acceptors (Lipinski definition) is 7. The molecule has 0 fully saturated rings. The third-order valence-electron chi connectivity index (χ3n) is 5.10. The minimum absolute atomic E-state index is 0.0385. The lowest BCUT2D eigenvalue weighted by atomic mass is 10.0. The summed E-state index contributed by atoms with van der Waals surface area (Å²) in [7, 11) is 5.93. The lowest BCUT2D eigenvalue weighted by Gasteiger charge is -2.19. The van der Waals surface area contributed by atoms with E-state index < -0.39 is 12.0 Å². The SMILES string of the molecule is CCCCOc1ccc(/C=C/C(=O)NC(CC(=O)OC)c2ccc(OC)c(OC)c2)cc1OC. The van der Waals surface area contributed by atoms with Gasteiger partial charge in [0.15, 0.2) is 23.0 Å². The Balaban J connectivity index is 2.17. The number of benzene rings is 2. The van der Waals surface area contributed by atoms with Crippen LogP contribution >= 0.6 is 0 Å². The van der Waals surface area contributed by atoms with E-state index in [2.05, 4.69) is 12.2 Å². The van der Waals surface area contributed by atoms with Crippen molar-refractivity contribution in [3.8, 4) is 23.0 Å². The van der Waals surface area contributed by atoms with Gasteiger partial charge in [0.1, 0.15) is 0 Å². The first-order valence-corrected chi connectivity index (χ1v) is 11.0. The number of carbonyl (C=O) groups excluding carboxylic acids is 2. The maximum Gasteiger partial charge on any atom is 0.307 e. The second-order valence-corrected chi connectivity index (χ2v) is 7.40. The third-order valence-corrected chi connectivity index (χ3v) is 5.10. The predicted octanol–water partition coefficient (Wildman–Crippen LogP) is 4.33. The fraction of sp³-hybridized carbons (Fsp3) is 0.385. The highest BCUT2D eigenvalue weighted by atomic mass is 16.5. The van der Waals surface area contributed by atoms with E-state index in [9.17, 15) is 9.59 Å². The van der Waals surface area contributed by atoms with E-state index in [-0.39, 0.29) is 12.3 Å². The van der Waals surface area contributed by atoms with E-state index in [0.717, 1.165) is 18.4 Å². The number of carbonyl (C=O) groups is 2. The highest BCUT2D eigenvalue weighted by Crippen LogP contribution is 2.31. The van der Waals surface area contributed by atoms with Gasteiger partial charge in [-0.2, -0.15) is 0 Å². The Hall–Kier alpha value is -3.68. The number of amides is 1. The molecule has 34 heavy (non-hydrogen) atoms. The summed E-state index contributed by atoms with van der Waals surface area (Å²) in [6, 6.07) is 10.0. The number of nitrogens with one attached hydrogen (secondary N) is 1. The zero-order valence-corrected chi connectivity index (χ0v) is 20.4. The van der Waals surface area contributed by atoms with Crippen LogP contribution in [0.1, 0.15) is 43.4 Å². The molecule has 2 aromatic rings. The van der Waals surface area contributed by atoms with Gasteiger partial charge in [-0.05, 0) is 47.9 Å². The maximum absolute atomic E-state index is 12.7. The first kappa shape index (κ1) is 26.6. The summed E-state index contributed by atoms with van der Waals surface area (Å²) in [6.45, 7) is 2.71. The first-order chi connectivity index (χ1) is 16.4. The van der Waals surface area contributed by atoms with Crippen molar-refractivity contribution >= 4 is 18.0 Å². The molecular formula is C26H33NO7. The zero-order chi connectivity index (χ0) is 24.9. The lowest BCUT2D eigenvalue weighted by Crippen LogP contribution is -2.29. The number of unbranched alkanes of at least 4 members (excludes halogenated alkanes) is 1. The largest absolute Gasteiger partial charge is 0.493 e. The summed E-state index contributed by atoms with van der Waals surface area (Å²) in [6.07, 6.45) is 5.02. The van der Waals surface area contributed by atoms with Gasteiger partial charge in [0.2, 0.25) is 5.91 Å². The summed E-state index contributed by atoms with van der Waals surface area (Å²) in [4.78, 5) is 24.6. The predicted molar refractivity (Wildman–Crippen MR) is 129 cm³/mol. The molecule has 0 heterocycles. The van der Waals surface area contributed by atoms with Gasteiger partial charge < -0.3 is 29.0 Å². The molecule has 0 aliphatic carbocycles. The van der Waals surface area contributed by atoms with Gasteiger partial charge in [0.05, 0.1) is 47.5 Å². The van der Waals surface area contributed by atoms with Crippen LogP contribution in [0.4, 0.5) is 0 Å². The average Bonchev–Trinajstić information content (AvgIpc) is 2.86. The Bertz CT molecular complexity index is 987. The summed E-state index contributed by atoms with van der Waals surface area (Å²) in [5.74, 6) is 1.47. The van der Waals surface area contributed by atoms with Gasteiger partial charge in [-0.15, -0.1) is 0 Å². The Morgan fingerprint density at radius 1 is 0.912 bits per heavy atom. The molecule has 2 rings (SSSR count). The molecule has 1 N–H and O–H groups in total. The number of ether oxygens (including phenoxy) is 5. The Morgan fingerprint density at radius 2 is 1.59 bits per heavy atom. The van der Waals surface area contributed by atoms with Crippen molar-refractivity contribution in [2.24, 2.45) is 0 Å². The number of methoxy groups -OCH3 is 4. The molecule has 0 bridgehead atoms. The van der Waals surface area contributed by atoms with Gasteiger partial charge in [0, 0.05) is 6.08 Å². The summed E-state index contributed by atoms with van der Waals surface area (Å²) in [5.41, 5.74) is 1.45. The first-order valence-electron chi connectivity index (χ1n) is 11.0. The lowest BCUT2D eigenvalue weighted by molar-refractivity contribution is -0.141. The topological polar surface area (TPSA) is 92.3 Å². The van der Waals surface area contributed by atoms with E-state index in [1.165, 1.54) is 27.4 Å². The van der Waals surface area contributed by atoms with E-state index >= 15 is 0 Å². The van der Waals surface area contributed by atoms with E-state index in [1.54, 1.807) is 37.5 Å². The van der Waals surface area contributed by atoms with Crippen molar-refractivity contribution in [3.05, 3.63) is 53.6 Å². The fourth-order valence-electron chi connectivity index (χ4n) is 3.20.